The van der Waals surface area contributed by atoms with Gasteiger partial charge in [0, 0.05) is 63.9 Å². The maximum Gasteiger partial charge on any atom is 0.167 e. The Balaban J connectivity index is 1.06. The number of thiophene rings is 1. The molecule has 0 radical (unpaired) electrons. The topological polar surface area (TPSA) is 61.7 Å². The Morgan fingerprint density at radius 3 is 1.59 bits per heavy atom. The van der Waals surface area contributed by atoms with Gasteiger partial charge in [-0.2, -0.15) is 0 Å². The van der Waals surface area contributed by atoms with Gasteiger partial charge < -0.3 is 13.6 Å². The molecule has 0 unspecified atom stereocenters. The molecule has 0 aliphatic rings. The van der Waals surface area contributed by atoms with E-state index in [0.717, 1.165) is 66.6 Å². The Bertz CT molecular complexity index is 4570. The second-order valence-electron chi connectivity index (χ2n) is 17.8. The van der Waals surface area contributed by atoms with Crippen LogP contribution in [-0.4, -0.2) is 24.1 Å². The molecular formula is C63H37N5OS. The number of hydrogen-bond donors (Lipinski definition) is 0. The first-order valence-corrected chi connectivity index (χ1v) is 24.3. The van der Waals surface area contributed by atoms with Gasteiger partial charge in [-0.1, -0.05) is 176 Å². The fraction of sp³-hybridized carbons (Fsp3) is 0. The van der Waals surface area contributed by atoms with Gasteiger partial charge in [0.2, 0.25) is 0 Å². The van der Waals surface area contributed by atoms with Gasteiger partial charge >= 0.3 is 0 Å². The molecular weight excluding hydrogens is 875 g/mol. The minimum absolute atomic E-state index is 0.536. The van der Waals surface area contributed by atoms with Crippen molar-refractivity contribution in [1.29, 1.82) is 0 Å². The quantitative estimate of drug-likeness (QED) is 0.167. The number of furan rings is 1. The normalized spacial score (nSPS) is 12.0. The molecule has 15 rings (SSSR count). The van der Waals surface area contributed by atoms with Gasteiger partial charge in [-0.15, -0.1) is 11.3 Å². The highest BCUT2D eigenvalue weighted by Gasteiger charge is 2.29. The van der Waals surface area contributed by atoms with E-state index in [-0.39, 0.29) is 0 Å². The van der Waals surface area contributed by atoms with Crippen LogP contribution >= 0.6 is 11.3 Å². The lowest BCUT2D eigenvalue weighted by Crippen LogP contribution is -2.01. The van der Waals surface area contributed by atoms with E-state index in [4.69, 9.17) is 19.4 Å². The minimum Gasteiger partial charge on any atom is -0.455 e. The van der Waals surface area contributed by atoms with Crippen LogP contribution in [-0.2, 0) is 0 Å². The van der Waals surface area contributed by atoms with Crippen LogP contribution in [0.25, 0.3) is 142 Å². The maximum atomic E-state index is 7.07. The second kappa shape index (κ2) is 15.2. The van der Waals surface area contributed by atoms with Crippen molar-refractivity contribution >= 4 is 97.1 Å². The van der Waals surface area contributed by atoms with Crippen molar-refractivity contribution in [3.63, 3.8) is 0 Å². The van der Waals surface area contributed by atoms with Crippen LogP contribution in [0.3, 0.4) is 0 Å². The molecule has 0 aliphatic heterocycles. The molecule has 326 valence electrons. The highest BCUT2D eigenvalue weighted by Crippen LogP contribution is 2.52. The molecule has 0 spiro atoms. The summed E-state index contributed by atoms with van der Waals surface area (Å²) in [6.07, 6.45) is 0. The number of nitrogens with zero attached hydrogens (tertiary/aromatic N) is 5. The SMILES string of the molecule is c1ccc(-c2ccc(-c3nc(-c4ccccc4)nc(-c4ccc(-n5c6ccccc6c6c7c(c8ccccc8n7-c7ccccc7)c7sc8ccccc8c7c65)c5c4oc4ccccc45)n3)cc2)cc1. The molecule has 5 heterocycles. The number of rotatable bonds is 6. The summed E-state index contributed by atoms with van der Waals surface area (Å²) in [5.41, 5.74) is 13.2. The Labute approximate surface area is 404 Å². The van der Waals surface area contributed by atoms with Gasteiger partial charge in [-0.3, -0.25) is 0 Å². The van der Waals surface area contributed by atoms with Gasteiger partial charge in [-0.05, 0) is 59.7 Å². The zero-order valence-electron chi connectivity index (χ0n) is 37.4. The first-order valence-electron chi connectivity index (χ1n) is 23.5. The highest BCUT2D eigenvalue weighted by molar-refractivity contribution is 7.27. The van der Waals surface area contributed by atoms with Gasteiger partial charge in [0.25, 0.3) is 0 Å². The predicted molar refractivity (Wildman–Crippen MR) is 290 cm³/mol. The average molecular weight is 912 g/mol. The van der Waals surface area contributed by atoms with Crippen molar-refractivity contribution in [2.45, 2.75) is 0 Å². The van der Waals surface area contributed by atoms with Crippen LogP contribution in [0.5, 0.6) is 0 Å². The third kappa shape index (κ3) is 5.70. The lowest BCUT2D eigenvalue weighted by Gasteiger charge is -2.14. The van der Waals surface area contributed by atoms with Crippen molar-refractivity contribution in [1.82, 2.24) is 24.1 Å². The van der Waals surface area contributed by atoms with Crippen LogP contribution < -0.4 is 0 Å². The Morgan fingerprint density at radius 1 is 0.357 bits per heavy atom. The molecule has 0 atom stereocenters. The van der Waals surface area contributed by atoms with Crippen LogP contribution in [0.1, 0.15) is 0 Å². The van der Waals surface area contributed by atoms with Gasteiger partial charge in [0.1, 0.15) is 11.2 Å². The van der Waals surface area contributed by atoms with Crippen molar-refractivity contribution in [2.75, 3.05) is 0 Å². The van der Waals surface area contributed by atoms with Crippen LogP contribution in [0.2, 0.25) is 0 Å². The minimum atomic E-state index is 0.536. The van der Waals surface area contributed by atoms with E-state index in [9.17, 15) is 0 Å². The van der Waals surface area contributed by atoms with Crippen molar-refractivity contribution in [2.24, 2.45) is 0 Å². The summed E-state index contributed by atoms with van der Waals surface area (Å²) in [6, 6.07) is 79.3. The van der Waals surface area contributed by atoms with E-state index in [2.05, 4.69) is 191 Å². The summed E-state index contributed by atoms with van der Waals surface area (Å²) in [5, 5.41) is 9.38. The van der Waals surface area contributed by atoms with Gasteiger partial charge in [0.15, 0.2) is 17.5 Å². The third-order valence-electron chi connectivity index (χ3n) is 14.0. The standard InChI is InChI=1S/C63H37N5OS/c1-4-18-38(19-5-1)39-32-34-41(35-33-39)62-64-61(40-20-6-2-7-21-40)65-63(66-62)47-36-37-50(53-45-26-12-16-30-51(45)69-59(47)53)68-49-29-15-10-24-43(49)54-57-55(60-56(58(54)68)46-27-13-17-31-52(46)70-60)44-25-11-14-28-48(44)67(57)42-22-8-3-9-23-42/h1-37H. The van der Waals surface area contributed by atoms with Gasteiger partial charge in [-0.25, -0.2) is 15.0 Å². The van der Waals surface area contributed by atoms with Crippen molar-refractivity contribution in [3.05, 3.63) is 224 Å². The maximum absolute atomic E-state index is 7.07. The monoisotopic (exact) mass is 911 g/mol. The summed E-state index contributed by atoms with van der Waals surface area (Å²) < 4.78 is 14.6. The first-order chi connectivity index (χ1) is 34.7. The van der Waals surface area contributed by atoms with Crippen LogP contribution in [0.15, 0.2) is 229 Å². The summed E-state index contributed by atoms with van der Waals surface area (Å²) in [6.45, 7) is 0. The summed E-state index contributed by atoms with van der Waals surface area (Å²) in [7, 11) is 0. The second-order valence-corrected chi connectivity index (χ2v) is 18.9. The first kappa shape index (κ1) is 38.9. The summed E-state index contributed by atoms with van der Waals surface area (Å²) in [4.78, 5) is 15.6. The highest BCUT2D eigenvalue weighted by atomic mass is 32.1. The number of hydrogen-bond acceptors (Lipinski definition) is 5. The zero-order chi connectivity index (χ0) is 45.9. The molecule has 0 N–H and O–H groups in total. The number of aromatic nitrogens is 5. The van der Waals surface area contributed by atoms with Crippen molar-refractivity contribution in [3.8, 4) is 56.7 Å². The van der Waals surface area contributed by atoms with E-state index in [1.54, 1.807) is 0 Å². The molecule has 0 aliphatic carbocycles. The molecule has 0 fully saturated rings. The van der Waals surface area contributed by atoms with E-state index < -0.39 is 0 Å². The molecule has 10 aromatic carbocycles. The number of benzene rings is 10. The Hall–Kier alpha value is -9.17. The molecule has 15 aromatic rings. The molecule has 5 aromatic heterocycles. The number of para-hydroxylation sites is 4. The molecule has 0 saturated heterocycles. The Morgan fingerprint density at radius 2 is 0.857 bits per heavy atom. The van der Waals surface area contributed by atoms with E-state index in [0.29, 0.717) is 23.1 Å². The summed E-state index contributed by atoms with van der Waals surface area (Å²) >= 11 is 1.88. The fourth-order valence-corrected chi connectivity index (χ4v) is 12.2. The van der Waals surface area contributed by atoms with Crippen LogP contribution in [0.4, 0.5) is 0 Å². The molecule has 6 nitrogen and oxygen atoms in total. The molecule has 0 bridgehead atoms. The van der Waals surface area contributed by atoms with Gasteiger partial charge in [0.05, 0.1) is 38.7 Å². The number of fused-ring (bicyclic) bond motifs is 15. The fourth-order valence-electron chi connectivity index (χ4n) is 10.9. The molecule has 0 amide bonds. The van der Waals surface area contributed by atoms with Crippen LogP contribution in [0, 0.1) is 0 Å². The van der Waals surface area contributed by atoms with E-state index in [1.807, 2.05) is 53.8 Å². The van der Waals surface area contributed by atoms with E-state index >= 15 is 0 Å². The average Bonchev–Trinajstić information content (AvgIpc) is 4.20. The van der Waals surface area contributed by atoms with E-state index in [1.165, 1.54) is 52.8 Å². The molecule has 7 heteroatoms. The lowest BCUT2D eigenvalue weighted by atomic mass is 10.0. The predicted octanol–water partition coefficient (Wildman–Crippen LogP) is 17.0. The zero-order valence-corrected chi connectivity index (χ0v) is 38.2. The lowest BCUT2D eigenvalue weighted by molar-refractivity contribution is 0.669. The Kier molecular flexibility index (Phi) is 8.43. The largest absolute Gasteiger partial charge is 0.455 e. The molecule has 0 saturated carbocycles. The summed E-state index contributed by atoms with van der Waals surface area (Å²) in [5.74, 6) is 1.71. The van der Waals surface area contributed by atoms with Crippen molar-refractivity contribution < 1.29 is 4.42 Å². The smallest absolute Gasteiger partial charge is 0.167 e. The third-order valence-corrected chi connectivity index (χ3v) is 15.2. The molecule has 70 heavy (non-hydrogen) atoms.